The smallest absolute Gasteiger partial charge is 0.319 e. The van der Waals surface area contributed by atoms with E-state index < -0.39 is 5.41 Å². The number of rotatable bonds is 4. The standard InChI is InChI=1S/C22H33N5O4/c1-5-25-14-22(12-19(25)28)15-26(10-11-27(16-22)21(30)24(2)3)20(29)23-13-17-6-8-18(31-4)9-7-17/h6-9H,5,10-16H2,1-4H3,(H,23,29)/t22-/m0/s1. The number of amides is 5. The molecule has 9 heteroatoms. The molecule has 0 unspecified atom stereocenters. The molecule has 9 nitrogen and oxygen atoms in total. The van der Waals surface area contributed by atoms with E-state index in [4.69, 9.17) is 4.74 Å². The van der Waals surface area contributed by atoms with E-state index in [1.54, 1.807) is 35.9 Å². The second-order valence-corrected chi connectivity index (χ2v) is 8.61. The third kappa shape index (κ3) is 5.21. The van der Waals surface area contributed by atoms with Crippen LogP contribution in [-0.2, 0) is 11.3 Å². The molecule has 5 amide bonds. The topological polar surface area (TPSA) is 85.4 Å². The number of methoxy groups -OCH3 is 1. The summed E-state index contributed by atoms with van der Waals surface area (Å²) in [5.74, 6) is 0.849. The van der Waals surface area contributed by atoms with Crippen molar-refractivity contribution in [1.29, 1.82) is 0 Å². The highest BCUT2D eigenvalue weighted by molar-refractivity contribution is 5.81. The quantitative estimate of drug-likeness (QED) is 0.782. The van der Waals surface area contributed by atoms with Crippen molar-refractivity contribution in [2.24, 2.45) is 5.41 Å². The summed E-state index contributed by atoms with van der Waals surface area (Å²) >= 11 is 0. The number of urea groups is 2. The maximum absolute atomic E-state index is 13.0. The third-order valence-corrected chi connectivity index (χ3v) is 6.02. The zero-order chi connectivity index (χ0) is 22.6. The van der Waals surface area contributed by atoms with Crippen LogP contribution in [0.2, 0.25) is 0 Å². The van der Waals surface area contributed by atoms with Crippen molar-refractivity contribution >= 4 is 18.0 Å². The summed E-state index contributed by atoms with van der Waals surface area (Å²) in [5.41, 5.74) is 0.517. The van der Waals surface area contributed by atoms with Crippen molar-refractivity contribution in [1.82, 2.24) is 24.9 Å². The van der Waals surface area contributed by atoms with Gasteiger partial charge in [-0.3, -0.25) is 4.79 Å². The molecule has 2 heterocycles. The summed E-state index contributed by atoms with van der Waals surface area (Å²) in [6.07, 6.45) is 0.348. The van der Waals surface area contributed by atoms with Crippen molar-refractivity contribution < 1.29 is 19.1 Å². The average Bonchev–Trinajstić information content (AvgIpc) is 2.95. The Hall–Kier alpha value is -2.97. The first kappa shape index (κ1) is 22.7. The average molecular weight is 432 g/mol. The van der Waals surface area contributed by atoms with Crippen molar-refractivity contribution in [3.8, 4) is 5.75 Å². The zero-order valence-corrected chi connectivity index (χ0v) is 18.9. The normalized spacial score (nSPS) is 21.3. The van der Waals surface area contributed by atoms with E-state index in [0.717, 1.165) is 11.3 Å². The predicted octanol–water partition coefficient (Wildman–Crippen LogP) is 1.44. The van der Waals surface area contributed by atoms with Gasteiger partial charge in [0.15, 0.2) is 0 Å². The molecule has 2 fully saturated rings. The molecule has 1 aromatic carbocycles. The van der Waals surface area contributed by atoms with Gasteiger partial charge in [0.2, 0.25) is 5.91 Å². The Morgan fingerprint density at radius 1 is 1.10 bits per heavy atom. The molecule has 2 aliphatic heterocycles. The Balaban J connectivity index is 1.72. The number of carbonyl (C=O) groups is 3. The van der Waals surface area contributed by atoms with E-state index in [-0.39, 0.29) is 18.0 Å². The fourth-order valence-corrected chi connectivity index (χ4v) is 4.39. The van der Waals surface area contributed by atoms with Gasteiger partial charge in [0.1, 0.15) is 5.75 Å². The number of ether oxygens (including phenoxy) is 1. The molecule has 3 rings (SSSR count). The van der Waals surface area contributed by atoms with Gasteiger partial charge in [-0.05, 0) is 24.6 Å². The Labute approximate surface area is 183 Å². The first-order valence-electron chi connectivity index (χ1n) is 10.7. The third-order valence-electron chi connectivity index (χ3n) is 6.02. The van der Waals surface area contributed by atoms with Crippen LogP contribution in [0.15, 0.2) is 24.3 Å². The van der Waals surface area contributed by atoms with Crippen molar-refractivity contribution in [2.75, 3.05) is 60.5 Å². The molecule has 0 aliphatic carbocycles. The van der Waals surface area contributed by atoms with Gasteiger partial charge in [0, 0.05) is 71.7 Å². The van der Waals surface area contributed by atoms with E-state index >= 15 is 0 Å². The van der Waals surface area contributed by atoms with Crippen LogP contribution < -0.4 is 10.1 Å². The fourth-order valence-electron chi connectivity index (χ4n) is 4.39. The zero-order valence-electron chi connectivity index (χ0n) is 18.9. The van der Waals surface area contributed by atoms with E-state index in [9.17, 15) is 14.4 Å². The molecule has 0 radical (unpaired) electrons. The number of benzene rings is 1. The number of carbonyl (C=O) groups excluding carboxylic acids is 3. The lowest BCUT2D eigenvalue weighted by Gasteiger charge is -2.34. The number of likely N-dealkylation sites (tertiary alicyclic amines) is 1. The van der Waals surface area contributed by atoms with E-state index in [1.165, 1.54) is 0 Å². The Kier molecular flexibility index (Phi) is 6.92. The number of nitrogens with one attached hydrogen (secondary N) is 1. The van der Waals surface area contributed by atoms with Crippen molar-refractivity contribution in [3.05, 3.63) is 29.8 Å². The van der Waals surface area contributed by atoms with Gasteiger partial charge in [0.05, 0.1) is 7.11 Å². The Morgan fingerprint density at radius 3 is 2.32 bits per heavy atom. The van der Waals surface area contributed by atoms with Crippen molar-refractivity contribution in [2.45, 2.75) is 19.9 Å². The molecule has 0 saturated carbocycles. The minimum atomic E-state index is -0.452. The minimum absolute atomic E-state index is 0.0836. The van der Waals surface area contributed by atoms with Gasteiger partial charge in [-0.2, -0.15) is 0 Å². The Bertz CT molecular complexity index is 813. The summed E-state index contributed by atoms with van der Waals surface area (Å²) in [7, 11) is 5.05. The van der Waals surface area contributed by atoms with Gasteiger partial charge in [0.25, 0.3) is 0 Å². The van der Waals surface area contributed by atoms with Gasteiger partial charge in [-0.25, -0.2) is 9.59 Å². The molecule has 1 spiro atoms. The lowest BCUT2D eigenvalue weighted by Crippen LogP contribution is -2.48. The second kappa shape index (κ2) is 9.45. The summed E-state index contributed by atoms with van der Waals surface area (Å²) < 4.78 is 5.17. The Morgan fingerprint density at radius 2 is 1.74 bits per heavy atom. The number of nitrogens with zero attached hydrogens (tertiary/aromatic N) is 4. The van der Waals surface area contributed by atoms with Gasteiger partial charge < -0.3 is 29.7 Å². The van der Waals surface area contributed by atoms with Crippen LogP contribution in [-0.4, -0.2) is 98.0 Å². The highest BCUT2D eigenvalue weighted by Gasteiger charge is 2.47. The first-order valence-corrected chi connectivity index (χ1v) is 10.7. The maximum atomic E-state index is 13.0. The molecule has 2 saturated heterocycles. The fraction of sp³-hybridized carbons (Fsp3) is 0.591. The molecule has 0 aromatic heterocycles. The highest BCUT2D eigenvalue weighted by atomic mass is 16.5. The molecule has 31 heavy (non-hydrogen) atoms. The molecule has 1 aromatic rings. The molecule has 2 aliphatic rings. The van der Waals surface area contributed by atoms with Crippen molar-refractivity contribution in [3.63, 3.8) is 0 Å². The van der Waals surface area contributed by atoms with E-state index in [0.29, 0.717) is 52.2 Å². The summed E-state index contributed by atoms with van der Waals surface area (Å²) in [4.78, 5) is 45.1. The lowest BCUT2D eigenvalue weighted by molar-refractivity contribution is -0.127. The van der Waals surface area contributed by atoms with Gasteiger partial charge in [-0.15, -0.1) is 0 Å². The van der Waals surface area contributed by atoms with Gasteiger partial charge >= 0.3 is 12.1 Å². The SMILES string of the molecule is CCN1C[C@@]2(CC1=O)CN(C(=O)NCc1ccc(OC)cc1)CCN(C(=O)N(C)C)C2. The second-order valence-electron chi connectivity index (χ2n) is 8.61. The molecule has 1 atom stereocenters. The molecule has 0 bridgehead atoms. The molecular weight excluding hydrogens is 398 g/mol. The largest absolute Gasteiger partial charge is 0.497 e. The van der Waals surface area contributed by atoms with Crippen LogP contribution in [0.4, 0.5) is 9.59 Å². The number of hydrogen-bond acceptors (Lipinski definition) is 4. The van der Waals surface area contributed by atoms with Crippen LogP contribution >= 0.6 is 0 Å². The lowest BCUT2D eigenvalue weighted by atomic mass is 9.86. The van der Waals surface area contributed by atoms with Crippen LogP contribution in [0.3, 0.4) is 0 Å². The van der Waals surface area contributed by atoms with Crippen LogP contribution in [0.25, 0.3) is 0 Å². The van der Waals surface area contributed by atoms with Crippen LogP contribution in [0.5, 0.6) is 5.75 Å². The van der Waals surface area contributed by atoms with Crippen LogP contribution in [0.1, 0.15) is 18.9 Å². The molecule has 170 valence electrons. The highest BCUT2D eigenvalue weighted by Crippen LogP contribution is 2.35. The monoisotopic (exact) mass is 431 g/mol. The predicted molar refractivity (Wildman–Crippen MR) is 117 cm³/mol. The minimum Gasteiger partial charge on any atom is -0.497 e. The summed E-state index contributed by atoms with van der Waals surface area (Å²) in [6.45, 7) is 5.32. The maximum Gasteiger partial charge on any atom is 0.319 e. The molecule has 1 N–H and O–H groups in total. The summed E-state index contributed by atoms with van der Waals surface area (Å²) in [6, 6.07) is 7.26. The van der Waals surface area contributed by atoms with Gasteiger partial charge in [-0.1, -0.05) is 12.1 Å². The first-order chi connectivity index (χ1) is 14.8. The van der Waals surface area contributed by atoms with Crippen LogP contribution in [0, 0.1) is 5.41 Å². The summed E-state index contributed by atoms with van der Waals surface area (Å²) in [5, 5.41) is 2.98. The molecular formula is C22H33N5O4. The number of hydrogen-bond donors (Lipinski definition) is 1. The van der Waals surface area contributed by atoms with E-state index in [1.807, 2.05) is 36.1 Å². The van der Waals surface area contributed by atoms with E-state index in [2.05, 4.69) is 5.32 Å².